The molecule has 7 heteroatoms. The molecule has 1 aliphatic rings. The summed E-state index contributed by atoms with van der Waals surface area (Å²) in [7, 11) is 3.11. The maximum absolute atomic E-state index is 12.4. The minimum Gasteiger partial charge on any atom is -0.497 e. The molecule has 0 saturated carbocycles. The number of carboxylic acid groups (broad SMARTS) is 1. The van der Waals surface area contributed by atoms with Crippen molar-refractivity contribution >= 4 is 17.7 Å². The standard InChI is InChI=1S/C14H18N2O5/c1-15(9-3-5-11(21-2)6-4-9)14(20)16-8-10(17)7-12(16)13(18)19/h3-6,10,12,17H,7-8H2,1-2H3,(H,18,19)/t10-,12-/m1/s1. The van der Waals surface area contributed by atoms with Crippen LogP contribution < -0.4 is 9.64 Å². The summed E-state index contributed by atoms with van der Waals surface area (Å²) < 4.78 is 5.05. The fourth-order valence-electron chi connectivity index (χ4n) is 2.37. The Bertz CT molecular complexity index is 531. The van der Waals surface area contributed by atoms with Crippen LogP contribution in [0.25, 0.3) is 0 Å². The van der Waals surface area contributed by atoms with E-state index in [1.54, 1.807) is 38.4 Å². The summed E-state index contributed by atoms with van der Waals surface area (Å²) in [4.78, 5) is 26.1. The number of rotatable bonds is 3. The number of aliphatic carboxylic acids is 1. The normalized spacial score (nSPS) is 21.2. The third-order valence-electron chi connectivity index (χ3n) is 3.56. The summed E-state index contributed by atoms with van der Waals surface area (Å²) >= 11 is 0. The van der Waals surface area contributed by atoms with Crippen molar-refractivity contribution in [1.82, 2.24) is 4.90 Å². The zero-order chi connectivity index (χ0) is 15.6. The maximum Gasteiger partial charge on any atom is 0.326 e. The maximum atomic E-state index is 12.4. The summed E-state index contributed by atoms with van der Waals surface area (Å²) in [5.74, 6) is -0.442. The van der Waals surface area contributed by atoms with Crippen LogP contribution >= 0.6 is 0 Å². The molecule has 2 rings (SSSR count). The monoisotopic (exact) mass is 294 g/mol. The largest absolute Gasteiger partial charge is 0.497 e. The van der Waals surface area contributed by atoms with Crippen LogP contribution in [-0.4, -0.2) is 60.0 Å². The SMILES string of the molecule is COc1ccc(N(C)C(=O)N2C[C@H](O)C[C@@H]2C(=O)O)cc1. The van der Waals surface area contributed by atoms with Gasteiger partial charge in [0.1, 0.15) is 11.8 Å². The van der Waals surface area contributed by atoms with Gasteiger partial charge in [-0.25, -0.2) is 9.59 Å². The summed E-state index contributed by atoms with van der Waals surface area (Å²) in [5.41, 5.74) is 0.617. The molecular weight excluding hydrogens is 276 g/mol. The zero-order valence-electron chi connectivity index (χ0n) is 11.9. The van der Waals surface area contributed by atoms with Crippen molar-refractivity contribution in [2.24, 2.45) is 0 Å². The molecule has 0 aliphatic carbocycles. The Morgan fingerprint density at radius 2 is 1.95 bits per heavy atom. The number of aliphatic hydroxyl groups excluding tert-OH is 1. The molecule has 0 spiro atoms. The third-order valence-corrected chi connectivity index (χ3v) is 3.56. The molecule has 1 aromatic rings. The van der Waals surface area contributed by atoms with Crippen molar-refractivity contribution < 1.29 is 24.5 Å². The highest BCUT2D eigenvalue weighted by Gasteiger charge is 2.40. The number of hydrogen-bond acceptors (Lipinski definition) is 4. The molecule has 21 heavy (non-hydrogen) atoms. The summed E-state index contributed by atoms with van der Waals surface area (Å²) in [5, 5.41) is 18.7. The van der Waals surface area contributed by atoms with Crippen molar-refractivity contribution in [3.05, 3.63) is 24.3 Å². The molecule has 1 fully saturated rings. The summed E-state index contributed by atoms with van der Waals surface area (Å²) in [6.07, 6.45) is -0.753. The van der Waals surface area contributed by atoms with Crippen LogP contribution in [-0.2, 0) is 4.79 Å². The highest BCUT2D eigenvalue weighted by molar-refractivity contribution is 5.94. The van der Waals surface area contributed by atoms with Gasteiger partial charge in [-0.05, 0) is 24.3 Å². The van der Waals surface area contributed by atoms with Crippen LogP contribution in [0, 0.1) is 0 Å². The molecule has 2 N–H and O–H groups in total. The van der Waals surface area contributed by atoms with Gasteiger partial charge < -0.3 is 19.8 Å². The van der Waals surface area contributed by atoms with E-state index in [0.29, 0.717) is 11.4 Å². The van der Waals surface area contributed by atoms with Gasteiger partial charge in [0.05, 0.1) is 13.2 Å². The second-order valence-electron chi connectivity index (χ2n) is 4.94. The Morgan fingerprint density at radius 1 is 1.33 bits per heavy atom. The van der Waals surface area contributed by atoms with Gasteiger partial charge in [0, 0.05) is 25.7 Å². The van der Waals surface area contributed by atoms with Crippen LogP contribution in [0.5, 0.6) is 5.75 Å². The van der Waals surface area contributed by atoms with Crippen molar-refractivity contribution in [3.8, 4) is 5.75 Å². The first kappa shape index (κ1) is 15.1. The minimum absolute atomic E-state index is 0.0241. The molecule has 0 unspecified atom stereocenters. The van der Waals surface area contributed by atoms with E-state index in [4.69, 9.17) is 9.84 Å². The lowest BCUT2D eigenvalue weighted by molar-refractivity contribution is -0.141. The number of methoxy groups -OCH3 is 1. The fraction of sp³-hybridized carbons (Fsp3) is 0.429. The number of carbonyl (C=O) groups excluding carboxylic acids is 1. The predicted octanol–water partition coefficient (Wildman–Crippen LogP) is 0.771. The van der Waals surface area contributed by atoms with E-state index in [1.807, 2.05) is 0 Å². The van der Waals surface area contributed by atoms with Gasteiger partial charge in [-0.2, -0.15) is 0 Å². The number of aliphatic hydroxyl groups is 1. The molecule has 114 valence electrons. The molecule has 7 nitrogen and oxygen atoms in total. The average Bonchev–Trinajstić information content (AvgIpc) is 2.88. The Morgan fingerprint density at radius 3 is 2.48 bits per heavy atom. The molecule has 0 radical (unpaired) electrons. The minimum atomic E-state index is -1.11. The molecule has 2 amide bonds. The number of ether oxygens (including phenoxy) is 1. The number of benzene rings is 1. The molecule has 1 aliphatic heterocycles. The number of amides is 2. The second-order valence-corrected chi connectivity index (χ2v) is 4.94. The number of carbonyl (C=O) groups is 2. The molecule has 1 aromatic carbocycles. The zero-order valence-corrected chi connectivity index (χ0v) is 11.9. The van der Waals surface area contributed by atoms with Crippen LogP contribution in [0.1, 0.15) is 6.42 Å². The van der Waals surface area contributed by atoms with Gasteiger partial charge in [-0.3, -0.25) is 4.90 Å². The van der Waals surface area contributed by atoms with Crippen LogP contribution in [0.4, 0.5) is 10.5 Å². The Hall–Kier alpha value is -2.28. The topological polar surface area (TPSA) is 90.3 Å². The molecule has 0 bridgehead atoms. The quantitative estimate of drug-likeness (QED) is 0.859. The van der Waals surface area contributed by atoms with Gasteiger partial charge in [-0.1, -0.05) is 0 Å². The molecule has 1 heterocycles. The average molecular weight is 294 g/mol. The first-order valence-electron chi connectivity index (χ1n) is 6.53. The van der Waals surface area contributed by atoms with E-state index >= 15 is 0 Å². The number of anilines is 1. The van der Waals surface area contributed by atoms with E-state index < -0.39 is 24.1 Å². The number of nitrogens with zero attached hydrogens (tertiary/aromatic N) is 2. The van der Waals surface area contributed by atoms with E-state index in [9.17, 15) is 14.7 Å². The van der Waals surface area contributed by atoms with Gasteiger partial charge in [0.25, 0.3) is 0 Å². The number of likely N-dealkylation sites (tertiary alicyclic amines) is 1. The smallest absolute Gasteiger partial charge is 0.326 e. The van der Waals surface area contributed by atoms with Crippen molar-refractivity contribution in [1.29, 1.82) is 0 Å². The number of urea groups is 1. The summed E-state index contributed by atoms with van der Waals surface area (Å²) in [6.45, 7) is 0.0241. The molecule has 0 aromatic heterocycles. The van der Waals surface area contributed by atoms with E-state index in [0.717, 1.165) is 0 Å². The van der Waals surface area contributed by atoms with E-state index in [-0.39, 0.29) is 13.0 Å². The number of hydrogen-bond donors (Lipinski definition) is 2. The Balaban J connectivity index is 2.15. The Labute approximate surface area is 122 Å². The van der Waals surface area contributed by atoms with E-state index in [1.165, 1.54) is 9.80 Å². The number of β-amino-alcohol motifs (C(OH)–C–C–N with tert-alkyl or cyclic N) is 1. The number of carboxylic acids is 1. The van der Waals surface area contributed by atoms with Crippen LogP contribution in [0.2, 0.25) is 0 Å². The van der Waals surface area contributed by atoms with Gasteiger partial charge in [0.2, 0.25) is 0 Å². The predicted molar refractivity (Wildman–Crippen MR) is 75.5 cm³/mol. The van der Waals surface area contributed by atoms with Gasteiger partial charge in [0.15, 0.2) is 0 Å². The van der Waals surface area contributed by atoms with Crippen molar-refractivity contribution in [2.75, 3.05) is 25.6 Å². The summed E-state index contributed by atoms with van der Waals surface area (Å²) in [6, 6.07) is 5.40. The van der Waals surface area contributed by atoms with Crippen LogP contribution in [0.15, 0.2) is 24.3 Å². The highest BCUT2D eigenvalue weighted by atomic mass is 16.5. The molecule has 1 saturated heterocycles. The van der Waals surface area contributed by atoms with Gasteiger partial charge >= 0.3 is 12.0 Å². The second kappa shape index (κ2) is 6.01. The fourth-order valence-corrected chi connectivity index (χ4v) is 2.37. The lowest BCUT2D eigenvalue weighted by atomic mass is 10.2. The molecular formula is C14H18N2O5. The molecule has 2 atom stereocenters. The lowest BCUT2D eigenvalue weighted by Gasteiger charge is -2.27. The van der Waals surface area contributed by atoms with Crippen LogP contribution in [0.3, 0.4) is 0 Å². The van der Waals surface area contributed by atoms with Gasteiger partial charge in [-0.15, -0.1) is 0 Å². The first-order valence-corrected chi connectivity index (χ1v) is 6.53. The highest BCUT2D eigenvalue weighted by Crippen LogP contribution is 2.23. The Kier molecular flexibility index (Phi) is 4.32. The lowest BCUT2D eigenvalue weighted by Crippen LogP contribution is -2.47. The van der Waals surface area contributed by atoms with E-state index in [2.05, 4.69) is 0 Å². The van der Waals surface area contributed by atoms with Crippen molar-refractivity contribution in [3.63, 3.8) is 0 Å². The first-order chi connectivity index (χ1) is 9.93. The van der Waals surface area contributed by atoms with Crippen molar-refractivity contribution in [2.45, 2.75) is 18.6 Å². The third kappa shape index (κ3) is 3.08.